The van der Waals surface area contributed by atoms with Crippen LogP contribution < -0.4 is 5.56 Å². The van der Waals surface area contributed by atoms with Gasteiger partial charge in [0.25, 0.3) is 5.56 Å². The van der Waals surface area contributed by atoms with Gasteiger partial charge in [-0.05, 0) is 42.4 Å². The summed E-state index contributed by atoms with van der Waals surface area (Å²) in [6, 6.07) is 15.0. The Labute approximate surface area is 131 Å². The maximum atomic E-state index is 12.5. The van der Waals surface area contributed by atoms with Gasteiger partial charge in [-0.25, -0.2) is 0 Å². The predicted molar refractivity (Wildman–Crippen MR) is 88.5 cm³/mol. The molecule has 0 saturated heterocycles. The van der Waals surface area contributed by atoms with Crippen LogP contribution in [0.1, 0.15) is 5.56 Å². The molecule has 2 aromatic carbocycles. The molecule has 106 valence electrons. The maximum Gasteiger partial charge on any atom is 0.262 e. The van der Waals surface area contributed by atoms with Crippen molar-refractivity contribution in [1.82, 2.24) is 9.55 Å². The third-order valence-electron chi connectivity index (χ3n) is 3.45. The van der Waals surface area contributed by atoms with E-state index in [2.05, 4.69) is 4.98 Å². The molecule has 3 aromatic rings. The minimum absolute atomic E-state index is 0.0681. The Morgan fingerprint density at radius 2 is 1.81 bits per heavy atom. The molecule has 3 nitrogen and oxygen atoms in total. The average molecular weight is 317 g/mol. The van der Waals surface area contributed by atoms with Gasteiger partial charge in [0.15, 0.2) is 4.77 Å². The summed E-state index contributed by atoms with van der Waals surface area (Å²) >= 11 is 11.4. The van der Waals surface area contributed by atoms with Gasteiger partial charge in [0, 0.05) is 11.6 Å². The number of fused-ring (bicyclic) bond motifs is 1. The number of nitrogens with zero attached hydrogens (tertiary/aromatic N) is 1. The lowest BCUT2D eigenvalue weighted by molar-refractivity contribution is 0.652. The number of para-hydroxylation sites is 1. The predicted octanol–water partition coefficient (Wildman–Crippen LogP) is 3.96. The third kappa shape index (κ3) is 2.77. The van der Waals surface area contributed by atoms with E-state index in [1.54, 1.807) is 10.6 Å². The molecular formula is C16H13ClN2OS. The monoisotopic (exact) mass is 316 g/mol. The smallest absolute Gasteiger partial charge is 0.262 e. The van der Waals surface area contributed by atoms with Crippen molar-refractivity contribution >= 4 is 34.7 Å². The molecule has 0 amide bonds. The SMILES string of the molecule is O=c1c2ccccc2[nH]c(=S)n1CCc1ccccc1Cl. The molecule has 1 aromatic heterocycles. The van der Waals surface area contributed by atoms with E-state index < -0.39 is 0 Å². The normalized spacial score (nSPS) is 10.9. The molecule has 5 heteroatoms. The highest BCUT2D eigenvalue weighted by Crippen LogP contribution is 2.16. The molecule has 0 atom stereocenters. The first kappa shape index (κ1) is 14.0. The highest BCUT2D eigenvalue weighted by molar-refractivity contribution is 7.71. The molecule has 0 unspecified atom stereocenters. The molecule has 0 radical (unpaired) electrons. The quantitative estimate of drug-likeness (QED) is 0.743. The van der Waals surface area contributed by atoms with Crippen LogP contribution in [0.5, 0.6) is 0 Å². The number of nitrogens with one attached hydrogen (secondary N) is 1. The Kier molecular flexibility index (Phi) is 3.90. The maximum absolute atomic E-state index is 12.5. The van der Waals surface area contributed by atoms with Crippen molar-refractivity contribution in [1.29, 1.82) is 0 Å². The summed E-state index contributed by atoms with van der Waals surface area (Å²) < 4.78 is 2.02. The van der Waals surface area contributed by atoms with Crippen molar-refractivity contribution in [2.75, 3.05) is 0 Å². The second kappa shape index (κ2) is 5.84. The second-order valence-electron chi connectivity index (χ2n) is 4.77. The van der Waals surface area contributed by atoms with Crippen molar-refractivity contribution in [3.05, 3.63) is 74.2 Å². The van der Waals surface area contributed by atoms with Crippen LogP contribution in [0.4, 0.5) is 0 Å². The lowest BCUT2D eigenvalue weighted by Gasteiger charge is -2.09. The van der Waals surface area contributed by atoms with Gasteiger partial charge in [-0.2, -0.15) is 0 Å². The highest BCUT2D eigenvalue weighted by Gasteiger charge is 2.06. The van der Waals surface area contributed by atoms with Crippen LogP contribution >= 0.6 is 23.8 Å². The van der Waals surface area contributed by atoms with E-state index in [4.69, 9.17) is 23.8 Å². The molecule has 3 rings (SSSR count). The first-order valence-corrected chi connectivity index (χ1v) is 7.41. The van der Waals surface area contributed by atoms with Crippen molar-refractivity contribution in [3.63, 3.8) is 0 Å². The average Bonchev–Trinajstić information content (AvgIpc) is 2.49. The van der Waals surface area contributed by atoms with Crippen LogP contribution in [-0.2, 0) is 13.0 Å². The van der Waals surface area contributed by atoms with E-state index in [0.29, 0.717) is 28.1 Å². The van der Waals surface area contributed by atoms with E-state index in [-0.39, 0.29) is 5.56 Å². The fourth-order valence-electron chi connectivity index (χ4n) is 2.34. The van der Waals surface area contributed by atoms with Gasteiger partial charge in [-0.1, -0.05) is 41.9 Å². The number of hydrogen-bond acceptors (Lipinski definition) is 2. The molecule has 0 aliphatic heterocycles. The van der Waals surface area contributed by atoms with Crippen LogP contribution in [0.3, 0.4) is 0 Å². The third-order valence-corrected chi connectivity index (χ3v) is 4.14. The molecule has 0 aliphatic carbocycles. The van der Waals surface area contributed by atoms with Gasteiger partial charge in [0.1, 0.15) is 0 Å². The van der Waals surface area contributed by atoms with E-state index in [1.807, 2.05) is 42.5 Å². The Hall–Kier alpha value is -1.91. The molecular weight excluding hydrogens is 304 g/mol. The van der Waals surface area contributed by atoms with Crippen molar-refractivity contribution < 1.29 is 0 Å². The number of aromatic nitrogens is 2. The molecule has 0 bridgehead atoms. The zero-order valence-electron chi connectivity index (χ0n) is 11.2. The van der Waals surface area contributed by atoms with Gasteiger partial charge in [0.05, 0.1) is 10.9 Å². The van der Waals surface area contributed by atoms with Gasteiger partial charge < -0.3 is 4.98 Å². The van der Waals surface area contributed by atoms with Crippen molar-refractivity contribution in [2.24, 2.45) is 0 Å². The minimum atomic E-state index is -0.0681. The summed E-state index contributed by atoms with van der Waals surface area (Å²) in [5, 5.41) is 1.35. The van der Waals surface area contributed by atoms with Gasteiger partial charge in [0.2, 0.25) is 0 Å². The number of benzene rings is 2. The van der Waals surface area contributed by atoms with E-state index >= 15 is 0 Å². The molecule has 0 saturated carbocycles. The number of aryl methyl sites for hydroxylation is 1. The minimum Gasteiger partial charge on any atom is -0.332 e. The topological polar surface area (TPSA) is 37.8 Å². The van der Waals surface area contributed by atoms with Gasteiger partial charge >= 0.3 is 0 Å². The van der Waals surface area contributed by atoms with Crippen LogP contribution in [0.2, 0.25) is 5.02 Å². The summed E-state index contributed by atoms with van der Waals surface area (Å²) in [5.74, 6) is 0. The van der Waals surface area contributed by atoms with E-state index in [9.17, 15) is 4.79 Å². The molecule has 0 aliphatic rings. The lowest BCUT2D eigenvalue weighted by Crippen LogP contribution is -2.23. The Bertz CT molecular complexity index is 914. The van der Waals surface area contributed by atoms with Gasteiger partial charge in [-0.3, -0.25) is 9.36 Å². The highest BCUT2D eigenvalue weighted by atomic mass is 35.5. The van der Waals surface area contributed by atoms with Crippen LogP contribution in [-0.4, -0.2) is 9.55 Å². The molecule has 21 heavy (non-hydrogen) atoms. The number of hydrogen-bond donors (Lipinski definition) is 1. The zero-order valence-corrected chi connectivity index (χ0v) is 12.7. The summed E-state index contributed by atoms with van der Waals surface area (Å²) in [6.45, 7) is 0.503. The number of H-pyrrole nitrogens is 1. The van der Waals surface area contributed by atoms with Crippen LogP contribution in [0.25, 0.3) is 10.9 Å². The summed E-state index contributed by atoms with van der Waals surface area (Å²) in [7, 11) is 0. The largest absolute Gasteiger partial charge is 0.332 e. The Balaban J connectivity index is 2.00. The summed E-state index contributed by atoms with van der Waals surface area (Å²) in [4.78, 5) is 15.6. The van der Waals surface area contributed by atoms with Crippen LogP contribution in [0.15, 0.2) is 53.3 Å². The Morgan fingerprint density at radius 1 is 1.10 bits per heavy atom. The molecule has 1 N–H and O–H groups in total. The van der Waals surface area contributed by atoms with Crippen molar-refractivity contribution in [3.8, 4) is 0 Å². The lowest BCUT2D eigenvalue weighted by atomic mass is 10.1. The fraction of sp³-hybridized carbons (Fsp3) is 0.125. The standard InChI is InChI=1S/C16H13ClN2OS/c17-13-7-3-1-5-11(13)9-10-19-15(20)12-6-2-4-8-14(12)18-16(19)21/h1-8H,9-10H2,(H,18,21). The molecule has 0 spiro atoms. The van der Waals surface area contributed by atoms with E-state index in [1.165, 1.54) is 0 Å². The first-order chi connectivity index (χ1) is 10.2. The zero-order chi connectivity index (χ0) is 14.8. The number of aromatic amines is 1. The fourth-order valence-corrected chi connectivity index (χ4v) is 2.85. The first-order valence-electron chi connectivity index (χ1n) is 6.62. The number of halogens is 1. The Morgan fingerprint density at radius 3 is 2.62 bits per heavy atom. The van der Waals surface area contributed by atoms with Crippen molar-refractivity contribution in [2.45, 2.75) is 13.0 Å². The van der Waals surface area contributed by atoms with E-state index in [0.717, 1.165) is 11.1 Å². The molecule has 0 fully saturated rings. The summed E-state index contributed by atoms with van der Waals surface area (Å²) in [5.41, 5.74) is 1.71. The van der Waals surface area contributed by atoms with Crippen LogP contribution in [0, 0.1) is 4.77 Å². The summed E-state index contributed by atoms with van der Waals surface area (Å²) in [6.07, 6.45) is 0.662. The molecule has 1 heterocycles. The number of rotatable bonds is 3. The second-order valence-corrected chi connectivity index (χ2v) is 5.57. The van der Waals surface area contributed by atoms with Gasteiger partial charge in [-0.15, -0.1) is 0 Å².